The number of alkyl halides is 1. The number of hydrogen-bond acceptors (Lipinski definition) is 2. The molecule has 0 aliphatic heterocycles. The number of carbonyl (C=O) groups excluding carboxylic acids is 1. The molecule has 3 heteroatoms. The zero-order valence-electron chi connectivity index (χ0n) is 7.18. The lowest BCUT2D eigenvalue weighted by atomic mass is 9.84. The lowest BCUT2D eigenvalue weighted by Gasteiger charge is -2.28. The Morgan fingerprint density at radius 3 is 2.83 bits per heavy atom. The number of carbonyl (C=O) groups is 1. The van der Waals surface area contributed by atoms with Gasteiger partial charge in [-0.05, 0) is 31.6 Å². The maximum atomic E-state index is 11.6. The molecule has 0 radical (unpaired) electrons. The molecule has 2 rings (SSSR count). The minimum Gasteiger partial charge on any atom is -0.469 e. The molecule has 2 aliphatic carbocycles. The van der Waals surface area contributed by atoms with Crippen LogP contribution in [-0.4, -0.2) is 17.9 Å². The summed E-state index contributed by atoms with van der Waals surface area (Å²) in [5, 5.41) is 0. The molecule has 0 saturated heterocycles. The van der Waals surface area contributed by atoms with Gasteiger partial charge in [0, 0.05) is 4.83 Å². The molecule has 0 aromatic heterocycles. The average molecular weight is 233 g/mol. The summed E-state index contributed by atoms with van der Waals surface area (Å²) in [6.45, 7) is 0. The topological polar surface area (TPSA) is 26.3 Å². The quantitative estimate of drug-likeness (QED) is 0.512. The summed E-state index contributed by atoms with van der Waals surface area (Å²) in [4.78, 5) is 11.9. The van der Waals surface area contributed by atoms with Gasteiger partial charge >= 0.3 is 5.97 Å². The maximum Gasteiger partial charge on any atom is 0.312 e. The smallest absolute Gasteiger partial charge is 0.312 e. The van der Waals surface area contributed by atoms with Crippen LogP contribution in [0.4, 0.5) is 0 Å². The molecule has 0 aromatic rings. The van der Waals surface area contributed by atoms with Crippen LogP contribution in [0.15, 0.2) is 0 Å². The van der Waals surface area contributed by atoms with Gasteiger partial charge in [-0.1, -0.05) is 15.9 Å². The Bertz CT molecular complexity index is 217. The fourth-order valence-corrected chi connectivity index (χ4v) is 3.83. The van der Waals surface area contributed by atoms with Crippen LogP contribution >= 0.6 is 15.9 Å². The third-order valence-electron chi connectivity index (χ3n) is 3.38. The van der Waals surface area contributed by atoms with Gasteiger partial charge < -0.3 is 4.74 Å². The lowest BCUT2D eigenvalue weighted by Crippen LogP contribution is -2.35. The fourth-order valence-electron chi connectivity index (χ4n) is 2.70. The summed E-state index contributed by atoms with van der Waals surface area (Å²) < 4.78 is 4.86. The predicted octanol–water partition coefficient (Wildman–Crippen LogP) is 2.11. The molecule has 2 saturated carbocycles. The third kappa shape index (κ3) is 0.951. The highest BCUT2D eigenvalue weighted by molar-refractivity contribution is 9.09. The van der Waals surface area contributed by atoms with E-state index in [1.165, 1.54) is 13.5 Å². The number of fused-ring (bicyclic) bond motifs is 2. The summed E-state index contributed by atoms with van der Waals surface area (Å²) in [6, 6.07) is 0. The SMILES string of the molecule is COC(=O)[C@]12CC[C@H](C[C@@H]1Br)C2. The highest BCUT2D eigenvalue weighted by Crippen LogP contribution is 2.57. The molecule has 3 atom stereocenters. The number of methoxy groups -OCH3 is 1. The average Bonchev–Trinajstić information content (AvgIpc) is 2.60. The van der Waals surface area contributed by atoms with Gasteiger partial charge in [-0.2, -0.15) is 0 Å². The molecule has 2 aliphatic rings. The van der Waals surface area contributed by atoms with Crippen molar-refractivity contribution in [3.8, 4) is 0 Å². The van der Waals surface area contributed by atoms with E-state index in [9.17, 15) is 4.79 Å². The molecule has 0 aromatic carbocycles. The highest BCUT2D eigenvalue weighted by atomic mass is 79.9. The Morgan fingerprint density at radius 1 is 1.67 bits per heavy atom. The molecular weight excluding hydrogens is 220 g/mol. The van der Waals surface area contributed by atoms with Crippen molar-refractivity contribution in [1.29, 1.82) is 0 Å². The Balaban J connectivity index is 2.23. The fraction of sp³-hybridized carbons (Fsp3) is 0.889. The van der Waals surface area contributed by atoms with E-state index < -0.39 is 0 Å². The monoisotopic (exact) mass is 232 g/mol. The normalized spacial score (nSPS) is 44.8. The molecule has 0 N–H and O–H groups in total. The zero-order valence-corrected chi connectivity index (χ0v) is 8.76. The van der Waals surface area contributed by atoms with Crippen molar-refractivity contribution in [3.05, 3.63) is 0 Å². The summed E-state index contributed by atoms with van der Waals surface area (Å²) in [5.41, 5.74) is -0.167. The van der Waals surface area contributed by atoms with Crippen molar-refractivity contribution >= 4 is 21.9 Å². The van der Waals surface area contributed by atoms with E-state index in [0.717, 1.165) is 25.2 Å². The van der Waals surface area contributed by atoms with E-state index in [1.807, 2.05) is 0 Å². The number of rotatable bonds is 1. The first kappa shape index (κ1) is 8.54. The molecule has 68 valence electrons. The van der Waals surface area contributed by atoms with Crippen LogP contribution in [0.2, 0.25) is 0 Å². The number of hydrogen-bond donors (Lipinski definition) is 0. The van der Waals surface area contributed by atoms with E-state index in [4.69, 9.17) is 4.74 Å². The molecule has 0 amide bonds. The molecular formula is C9H13BrO2. The summed E-state index contributed by atoms with van der Waals surface area (Å²) >= 11 is 3.59. The van der Waals surface area contributed by atoms with E-state index in [0.29, 0.717) is 4.83 Å². The van der Waals surface area contributed by atoms with Gasteiger partial charge in [0.05, 0.1) is 12.5 Å². The van der Waals surface area contributed by atoms with Crippen LogP contribution in [0.1, 0.15) is 25.7 Å². The first-order chi connectivity index (χ1) is 5.69. The van der Waals surface area contributed by atoms with Crippen molar-refractivity contribution in [2.75, 3.05) is 7.11 Å². The Hall–Kier alpha value is -0.0500. The predicted molar refractivity (Wildman–Crippen MR) is 49.1 cm³/mol. The second-order valence-electron chi connectivity index (χ2n) is 3.96. The van der Waals surface area contributed by atoms with Gasteiger partial charge in [0.25, 0.3) is 0 Å². The molecule has 2 fully saturated rings. The molecule has 12 heavy (non-hydrogen) atoms. The number of halogens is 1. The van der Waals surface area contributed by atoms with Crippen LogP contribution < -0.4 is 0 Å². The number of ether oxygens (including phenoxy) is 1. The largest absolute Gasteiger partial charge is 0.469 e. The minimum absolute atomic E-state index is 0.00984. The second kappa shape index (κ2) is 2.72. The molecule has 0 spiro atoms. The van der Waals surface area contributed by atoms with E-state index in [2.05, 4.69) is 15.9 Å². The van der Waals surface area contributed by atoms with Crippen molar-refractivity contribution in [2.24, 2.45) is 11.3 Å². The van der Waals surface area contributed by atoms with Crippen molar-refractivity contribution < 1.29 is 9.53 Å². The van der Waals surface area contributed by atoms with Crippen molar-refractivity contribution in [3.63, 3.8) is 0 Å². The summed E-state index contributed by atoms with van der Waals surface area (Å²) in [5.74, 6) is 0.748. The minimum atomic E-state index is -0.167. The molecule has 0 heterocycles. The third-order valence-corrected chi connectivity index (χ3v) is 4.63. The van der Waals surface area contributed by atoms with Gasteiger partial charge in [0.15, 0.2) is 0 Å². The first-order valence-corrected chi connectivity index (χ1v) is 5.33. The standard InChI is InChI=1S/C9H13BrO2/c1-12-8(11)9-3-2-6(5-9)4-7(9)10/h6-7H,2-5H2,1H3/t6-,7+,9+/m1/s1. The van der Waals surface area contributed by atoms with Gasteiger partial charge in [-0.3, -0.25) is 4.79 Å². The Morgan fingerprint density at radius 2 is 2.42 bits per heavy atom. The Labute approximate surface area is 80.8 Å². The second-order valence-corrected chi connectivity index (χ2v) is 5.07. The maximum absolute atomic E-state index is 11.6. The molecule has 0 unspecified atom stereocenters. The lowest BCUT2D eigenvalue weighted by molar-refractivity contribution is -0.151. The van der Waals surface area contributed by atoms with Gasteiger partial charge in [-0.25, -0.2) is 0 Å². The van der Waals surface area contributed by atoms with Gasteiger partial charge in [0.1, 0.15) is 0 Å². The van der Waals surface area contributed by atoms with E-state index in [-0.39, 0.29) is 11.4 Å². The van der Waals surface area contributed by atoms with E-state index in [1.54, 1.807) is 0 Å². The van der Waals surface area contributed by atoms with Crippen LogP contribution in [-0.2, 0) is 9.53 Å². The molecule has 2 bridgehead atoms. The molecule has 2 nitrogen and oxygen atoms in total. The van der Waals surface area contributed by atoms with Gasteiger partial charge in [0.2, 0.25) is 0 Å². The van der Waals surface area contributed by atoms with Crippen molar-refractivity contribution in [1.82, 2.24) is 0 Å². The summed E-state index contributed by atoms with van der Waals surface area (Å²) in [7, 11) is 1.49. The summed E-state index contributed by atoms with van der Waals surface area (Å²) in [6.07, 6.45) is 4.40. The van der Waals surface area contributed by atoms with Crippen LogP contribution in [0, 0.1) is 11.3 Å². The van der Waals surface area contributed by atoms with Gasteiger partial charge in [-0.15, -0.1) is 0 Å². The van der Waals surface area contributed by atoms with Crippen molar-refractivity contribution in [2.45, 2.75) is 30.5 Å². The van der Waals surface area contributed by atoms with Crippen LogP contribution in [0.5, 0.6) is 0 Å². The van der Waals surface area contributed by atoms with Crippen LogP contribution in [0.25, 0.3) is 0 Å². The first-order valence-electron chi connectivity index (χ1n) is 4.41. The number of esters is 1. The zero-order chi connectivity index (χ0) is 8.77. The Kier molecular flexibility index (Phi) is 1.94. The van der Waals surface area contributed by atoms with Crippen LogP contribution in [0.3, 0.4) is 0 Å². The van der Waals surface area contributed by atoms with E-state index >= 15 is 0 Å². The highest BCUT2D eigenvalue weighted by Gasteiger charge is 2.56.